The minimum Gasteiger partial charge on any atom is -0.355 e. The molecule has 0 atom stereocenters. The first-order valence-corrected chi connectivity index (χ1v) is 10.9. The summed E-state index contributed by atoms with van der Waals surface area (Å²) < 4.78 is 28.6. The van der Waals surface area contributed by atoms with E-state index in [1.54, 1.807) is 18.2 Å². The zero-order valence-electron chi connectivity index (χ0n) is 16.9. The van der Waals surface area contributed by atoms with Gasteiger partial charge in [-0.05, 0) is 49.2 Å². The van der Waals surface area contributed by atoms with Gasteiger partial charge >= 0.3 is 0 Å². The van der Waals surface area contributed by atoms with Gasteiger partial charge in [-0.1, -0.05) is 30.3 Å². The first-order valence-electron chi connectivity index (χ1n) is 9.50. The molecule has 0 aliphatic rings. The molecule has 0 fully saturated rings. The van der Waals surface area contributed by atoms with E-state index in [0.717, 1.165) is 32.9 Å². The average Bonchev–Trinajstić information content (AvgIpc) is 3.01. The number of aromatic nitrogens is 2. The first kappa shape index (κ1) is 21.0. The van der Waals surface area contributed by atoms with Crippen LogP contribution in [0.25, 0.3) is 10.8 Å². The van der Waals surface area contributed by atoms with Gasteiger partial charge in [0.2, 0.25) is 15.9 Å². The van der Waals surface area contributed by atoms with Crippen molar-refractivity contribution in [2.75, 3.05) is 20.1 Å². The molecule has 0 radical (unpaired) electrons. The molecule has 154 valence electrons. The van der Waals surface area contributed by atoms with Gasteiger partial charge in [0, 0.05) is 25.8 Å². The maximum absolute atomic E-state index is 12.8. The molecular weight excluding hydrogens is 388 g/mol. The summed E-state index contributed by atoms with van der Waals surface area (Å²) in [5.41, 5.74) is 2.04. The van der Waals surface area contributed by atoms with Crippen LogP contribution in [0.1, 0.15) is 17.8 Å². The van der Waals surface area contributed by atoms with Crippen molar-refractivity contribution in [1.29, 1.82) is 0 Å². The van der Waals surface area contributed by atoms with Gasteiger partial charge in [-0.3, -0.25) is 9.48 Å². The lowest BCUT2D eigenvalue weighted by Crippen LogP contribution is -2.38. The molecule has 0 spiro atoms. The number of sulfonamides is 1. The van der Waals surface area contributed by atoms with E-state index in [1.807, 2.05) is 48.9 Å². The van der Waals surface area contributed by atoms with E-state index in [4.69, 9.17) is 0 Å². The Bertz CT molecular complexity index is 1120. The number of carbonyl (C=O) groups is 1. The predicted molar refractivity (Wildman–Crippen MR) is 113 cm³/mol. The number of carbonyl (C=O) groups excluding carboxylic acids is 1. The molecule has 8 heteroatoms. The number of fused-ring (bicyclic) bond motifs is 1. The molecule has 0 saturated heterocycles. The summed E-state index contributed by atoms with van der Waals surface area (Å²) in [4.78, 5) is 12.4. The highest BCUT2D eigenvalue weighted by atomic mass is 32.2. The Morgan fingerprint density at radius 1 is 1.10 bits per heavy atom. The van der Waals surface area contributed by atoms with Gasteiger partial charge in [0.1, 0.15) is 0 Å². The van der Waals surface area contributed by atoms with E-state index in [1.165, 1.54) is 7.05 Å². The number of nitrogens with zero attached hydrogens (tertiary/aromatic N) is 3. The van der Waals surface area contributed by atoms with Crippen LogP contribution in [0.3, 0.4) is 0 Å². The largest absolute Gasteiger partial charge is 0.355 e. The van der Waals surface area contributed by atoms with Crippen LogP contribution in [0.2, 0.25) is 0 Å². The molecular formula is C21H26N4O3S. The number of likely N-dealkylation sites (N-methyl/N-ethyl adjacent to an activating group) is 1. The average molecular weight is 415 g/mol. The quantitative estimate of drug-likeness (QED) is 0.574. The molecule has 2 aromatic carbocycles. The van der Waals surface area contributed by atoms with Crippen LogP contribution < -0.4 is 5.32 Å². The highest BCUT2D eigenvalue weighted by Gasteiger charge is 2.23. The maximum atomic E-state index is 12.8. The molecule has 0 saturated carbocycles. The number of nitrogens with one attached hydrogen (secondary N) is 1. The van der Waals surface area contributed by atoms with Crippen molar-refractivity contribution < 1.29 is 13.2 Å². The van der Waals surface area contributed by atoms with Crippen LogP contribution in [0.15, 0.2) is 53.4 Å². The fourth-order valence-corrected chi connectivity index (χ4v) is 4.37. The molecule has 0 bridgehead atoms. The standard InChI is InChI=1S/C21H26N4O3S/c1-16-13-17(2)25(23-16)12-6-11-22-21(26)15-24(3)29(27,28)20-10-9-18-7-4-5-8-19(18)14-20/h4-5,7-10,13-14H,6,11-12,15H2,1-3H3,(H,22,26). The summed E-state index contributed by atoms with van der Waals surface area (Å²) in [6.07, 6.45) is 0.717. The topological polar surface area (TPSA) is 84.3 Å². The van der Waals surface area contributed by atoms with E-state index < -0.39 is 10.0 Å². The minimum absolute atomic E-state index is 0.177. The van der Waals surface area contributed by atoms with Crippen molar-refractivity contribution >= 4 is 26.7 Å². The summed E-state index contributed by atoms with van der Waals surface area (Å²) in [5.74, 6) is -0.328. The smallest absolute Gasteiger partial charge is 0.243 e. The molecule has 0 unspecified atom stereocenters. The zero-order chi connectivity index (χ0) is 21.0. The number of benzene rings is 2. The second-order valence-electron chi connectivity index (χ2n) is 7.12. The van der Waals surface area contributed by atoms with Crippen molar-refractivity contribution in [2.24, 2.45) is 0 Å². The molecule has 1 N–H and O–H groups in total. The minimum atomic E-state index is -3.74. The van der Waals surface area contributed by atoms with Crippen LogP contribution >= 0.6 is 0 Å². The number of amides is 1. The summed E-state index contributed by atoms with van der Waals surface area (Å²) in [6.45, 7) is 4.86. The van der Waals surface area contributed by atoms with Gasteiger partial charge in [0.25, 0.3) is 0 Å². The lowest BCUT2D eigenvalue weighted by molar-refractivity contribution is -0.121. The SMILES string of the molecule is Cc1cc(C)n(CCCNC(=O)CN(C)S(=O)(=O)c2ccc3ccccc3c2)n1. The number of hydrogen-bond acceptors (Lipinski definition) is 4. The summed E-state index contributed by atoms with van der Waals surface area (Å²) in [6, 6.07) is 14.5. The van der Waals surface area contributed by atoms with Crippen LogP contribution in [-0.2, 0) is 21.4 Å². The fourth-order valence-electron chi connectivity index (χ4n) is 3.21. The molecule has 1 amide bonds. The Labute approximate surface area is 171 Å². The van der Waals surface area contributed by atoms with Crippen LogP contribution in [0, 0.1) is 13.8 Å². The van der Waals surface area contributed by atoms with Crippen molar-refractivity contribution in [3.63, 3.8) is 0 Å². The molecule has 7 nitrogen and oxygen atoms in total. The normalized spacial score (nSPS) is 11.9. The van der Waals surface area contributed by atoms with Crippen molar-refractivity contribution in [3.05, 3.63) is 59.9 Å². The van der Waals surface area contributed by atoms with E-state index in [-0.39, 0.29) is 17.3 Å². The molecule has 29 heavy (non-hydrogen) atoms. The lowest BCUT2D eigenvalue weighted by atomic mass is 10.1. The Morgan fingerprint density at radius 3 is 2.52 bits per heavy atom. The second kappa shape index (κ2) is 8.75. The first-order chi connectivity index (χ1) is 13.8. The second-order valence-corrected chi connectivity index (χ2v) is 9.17. The van der Waals surface area contributed by atoms with Crippen molar-refractivity contribution in [1.82, 2.24) is 19.4 Å². The van der Waals surface area contributed by atoms with Crippen LogP contribution in [0.4, 0.5) is 0 Å². The molecule has 1 aromatic heterocycles. The van der Waals surface area contributed by atoms with Crippen LogP contribution in [-0.4, -0.2) is 48.5 Å². The number of aryl methyl sites for hydroxylation is 3. The Hall–Kier alpha value is -2.71. The van der Waals surface area contributed by atoms with E-state index >= 15 is 0 Å². The summed E-state index contributed by atoms with van der Waals surface area (Å²) >= 11 is 0. The molecule has 0 aliphatic carbocycles. The Balaban J connectivity index is 1.54. The van der Waals surface area contributed by atoms with Gasteiger partial charge in [0.05, 0.1) is 17.1 Å². The highest BCUT2D eigenvalue weighted by molar-refractivity contribution is 7.89. The monoisotopic (exact) mass is 414 g/mol. The van der Waals surface area contributed by atoms with E-state index in [2.05, 4.69) is 10.4 Å². The third-order valence-corrected chi connectivity index (χ3v) is 6.57. The van der Waals surface area contributed by atoms with Gasteiger partial charge in [0.15, 0.2) is 0 Å². The molecule has 3 rings (SSSR count). The van der Waals surface area contributed by atoms with E-state index in [9.17, 15) is 13.2 Å². The highest BCUT2D eigenvalue weighted by Crippen LogP contribution is 2.21. The number of hydrogen-bond donors (Lipinski definition) is 1. The maximum Gasteiger partial charge on any atom is 0.243 e. The summed E-state index contributed by atoms with van der Waals surface area (Å²) in [5, 5.41) is 8.97. The predicted octanol–water partition coefficient (Wildman–Crippen LogP) is 2.48. The van der Waals surface area contributed by atoms with Gasteiger partial charge in [-0.15, -0.1) is 0 Å². The zero-order valence-corrected chi connectivity index (χ0v) is 17.7. The Morgan fingerprint density at radius 2 is 1.83 bits per heavy atom. The lowest BCUT2D eigenvalue weighted by Gasteiger charge is -2.17. The van der Waals surface area contributed by atoms with Gasteiger partial charge in [-0.25, -0.2) is 8.42 Å². The Kier molecular flexibility index (Phi) is 6.34. The van der Waals surface area contributed by atoms with Crippen LogP contribution in [0.5, 0.6) is 0 Å². The van der Waals surface area contributed by atoms with E-state index in [0.29, 0.717) is 13.1 Å². The van der Waals surface area contributed by atoms with Gasteiger partial charge in [-0.2, -0.15) is 9.40 Å². The van der Waals surface area contributed by atoms with Crippen molar-refractivity contribution in [3.8, 4) is 0 Å². The molecule has 3 aromatic rings. The molecule has 1 heterocycles. The summed E-state index contributed by atoms with van der Waals surface area (Å²) in [7, 11) is -2.33. The molecule has 0 aliphatic heterocycles. The third kappa shape index (κ3) is 5.02. The third-order valence-electron chi connectivity index (χ3n) is 4.77. The van der Waals surface area contributed by atoms with Crippen molar-refractivity contribution in [2.45, 2.75) is 31.7 Å². The number of rotatable bonds is 8. The van der Waals surface area contributed by atoms with Gasteiger partial charge < -0.3 is 5.32 Å². The fraction of sp³-hybridized carbons (Fsp3) is 0.333.